The number of rotatable bonds is 2. The number of pyridine rings is 1. The molecule has 0 unspecified atom stereocenters. The highest BCUT2D eigenvalue weighted by Gasteiger charge is 2.43. The summed E-state index contributed by atoms with van der Waals surface area (Å²) >= 11 is 0. The van der Waals surface area contributed by atoms with Crippen LogP contribution in [0.3, 0.4) is 0 Å². The van der Waals surface area contributed by atoms with Gasteiger partial charge in [-0.05, 0) is 19.1 Å². The van der Waals surface area contributed by atoms with Crippen LogP contribution in [0.25, 0.3) is 0 Å². The summed E-state index contributed by atoms with van der Waals surface area (Å²) in [6.45, 7) is 1.97. The molecule has 1 aliphatic rings. The Bertz CT molecular complexity index is 465. The standard InChI is InChI=1S/C13H15F3N2O2/c1-9-2-3-11(8-17-9)20-10-4-6-18(7-5-10)12(19)13(14,15)16/h2-3,8,10H,4-7H2,1H3. The van der Waals surface area contributed by atoms with Crippen LogP contribution in [-0.2, 0) is 4.79 Å². The van der Waals surface area contributed by atoms with Crippen LogP contribution < -0.4 is 4.74 Å². The van der Waals surface area contributed by atoms with Crippen LogP contribution >= 0.6 is 0 Å². The number of halogens is 3. The molecular weight excluding hydrogens is 273 g/mol. The third-order valence-electron chi connectivity index (χ3n) is 3.16. The second kappa shape index (κ2) is 5.68. The van der Waals surface area contributed by atoms with E-state index in [1.54, 1.807) is 18.3 Å². The molecule has 1 aliphatic heterocycles. The van der Waals surface area contributed by atoms with Gasteiger partial charge in [-0.1, -0.05) is 0 Å². The number of likely N-dealkylation sites (tertiary alicyclic amines) is 1. The minimum absolute atomic E-state index is 0.0578. The summed E-state index contributed by atoms with van der Waals surface area (Å²) in [6.07, 6.45) is -2.63. The molecule has 1 saturated heterocycles. The molecule has 20 heavy (non-hydrogen) atoms. The maximum atomic E-state index is 12.3. The summed E-state index contributed by atoms with van der Waals surface area (Å²) in [5, 5.41) is 0. The zero-order valence-electron chi connectivity index (χ0n) is 11.0. The van der Waals surface area contributed by atoms with Crippen molar-refractivity contribution >= 4 is 5.91 Å². The average Bonchev–Trinajstić information content (AvgIpc) is 2.40. The monoisotopic (exact) mass is 288 g/mol. The van der Waals surface area contributed by atoms with Gasteiger partial charge < -0.3 is 9.64 Å². The lowest BCUT2D eigenvalue weighted by atomic mass is 10.1. The number of aromatic nitrogens is 1. The van der Waals surface area contributed by atoms with Gasteiger partial charge in [0.25, 0.3) is 0 Å². The van der Waals surface area contributed by atoms with Gasteiger partial charge in [-0.3, -0.25) is 9.78 Å². The number of ether oxygens (including phenoxy) is 1. The van der Waals surface area contributed by atoms with Crippen LogP contribution in [-0.4, -0.2) is 41.2 Å². The molecule has 110 valence electrons. The first-order valence-electron chi connectivity index (χ1n) is 6.31. The van der Waals surface area contributed by atoms with E-state index in [1.165, 1.54) is 0 Å². The number of hydrogen-bond acceptors (Lipinski definition) is 3. The van der Waals surface area contributed by atoms with Crippen molar-refractivity contribution in [3.05, 3.63) is 24.0 Å². The molecule has 1 aromatic rings. The Hall–Kier alpha value is -1.79. The third kappa shape index (κ3) is 3.61. The third-order valence-corrected chi connectivity index (χ3v) is 3.16. The molecule has 1 aromatic heterocycles. The highest BCUT2D eigenvalue weighted by molar-refractivity contribution is 5.81. The lowest BCUT2D eigenvalue weighted by Gasteiger charge is -2.32. The number of aryl methyl sites for hydroxylation is 1. The van der Waals surface area contributed by atoms with Gasteiger partial charge in [0, 0.05) is 31.6 Å². The molecule has 0 radical (unpaired) electrons. The number of amides is 1. The number of piperidine rings is 1. The predicted molar refractivity (Wildman–Crippen MR) is 65.3 cm³/mol. The fourth-order valence-electron chi connectivity index (χ4n) is 2.07. The Morgan fingerprint density at radius 2 is 2.00 bits per heavy atom. The predicted octanol–water partition coefficient (Wildman–Crippen LogP) is 2.32. The lowest BCUT2D eigenvalue weighted by Crippen LogP contribution is -2.47. The minimum atomic E-state index is -4.80. The number of hydrogen-bond donors (Lipinski definition) is 0. The largest absolute Gasteiger partial charge is 0.489 e. The Labute approximate surface area is 114 Å². The molecular formula is C13H15F3N2O2. The number of carbonyl (C=O) groups is 1. The van der Waals surface area contributed by atoms with E-state index in [-0.39, 0.29) is 19.2 Å². The van der Waals surface area contributed by atoms with Crippen LogP contribution in [0.4, 0.5) is 13.2 Å². The summed E-state index contributed by atoms with van der Waals surface area (Å²) in [4.78, 5) is 16.0. The molecule has 7 heteroatoms. The number of nitrogens with zero attached hydrogens (tertiary/aromatic N) is 2. The van der Waals surface area contributed by atoms with Crippen LogP contribution in [0.15, 0.2) is 18.3 Å². The van der Waals surface area contributed by atoms with E-state index in [9.17, 15) is 18.0 Å². The molecule has 0 aliphatic carbocycles. The summed E-state index contributed by atoms with van der Waals surface area (Å²) in [5.74, 6) is -1.18. The molecule has 4 nitrogen and oxygen atoms in total. The Morgan fingerprint density at radius 1 is 1.35 bits per heavy atom. The van der Waals surface area contributed by atoms with Gasteiger partial charge in [-0.15, -0.1) is 0 Å². The number of alkyl halides is 3. The molecule has 1 fully saturated rings. The second-order valence-electron chi connectivity index (χ2n) is 4.74. The summed E-state index contributed by atoms with van der Waals surface area (Å²) < 4.78 is 42.5. The SMILES string of the molecule is Cc1ccc(OC2CCN(C(=O)C(F)(F)F)CC2)cn1. The summed E-state index contributed by atoms with van der Waals surface area (Å²) in [7, 11) is 0. The van der Waals surface area contributed by atoms with E-state index in [0.29, 0.717) is 18.6 Å². The maximum absolute atomic E-state index is 12.3. The number of carbonyl (C=O) groups excluding carboxylic acids is 1. The molecule has 2 rings (SSSR count). The van der Waals surface area contributed by atoms with Crippen molar-refractivity contribution in [3.63, 3.8) is 0 Å². The van der Waals surface area contributed by atoms with Crippen LogP contribution in [0.5, 0.6) is 5.75 Å². The first-order chi connectivity index (χ1) is 9.36. The van der Waals surface area contributed by atoms with Gasteiger partial charge in [0.1, 0.15) is 11.9 Å². The second-order valence-corrected chi connectivity index (χ2v) is 4.74. The first kappa shape index (κ1) is 14.6. The van der Waals surface area contributed by atoms with Crippen molar-refractivity contribution in [2.45, 2.75) is 32.0 Å². The van der Waals surface area contributed by atoms with E-state index in [1.807, 2.05) is 6.92 Å². The molecule has 0 bridgehead atoms. The minimum Gasteiger partial charge on any atom is -0.489 e. The molecule has 2 heterocycles. The lowest BCUT2D eigenvalue weighted by molar-refractivity contribution is -0.187. The topological polar surface area (TPSA) is 42.4 Å². The van der Waals surface area contributed by atoms with Crippen molar-refractivity contribution < 1.29 is 22.7 Å². The van der Waals surface area contributed by atoms with Crippen molar-refractivity contribution in [2.24, 2.45) is 0 Å². The zero-order valence-corrected chi connectivity index (χ0v) is 11.0. The maximum Gasteiger partial charge on any atom is 0.471 e. The fourth-order valence-corrected chi connectivity index (χ4v) is 2.07. The summed E-state index contributed by atoms with van der Waals surface area (Å²) in [5.41, 5.74) is 0.864. The summed E-state index contributed by atoms with van der Waals surface area (Å²) in [6, 6.07) is 3.58. The smallest absolute Gasteiger partial charge is 0.471 e. The Balaban J connectivity index is 1.85. The van der Waals surface area contributed by atoms with Crippen LogP contribution in [0, 0.1) is 6.92 Å². The normalized spacial score (nSPS) is 17.1. The Morgan fingerprint density at radius 3 is 2.50 bits per heavy atom. The fraction of sp³-hybridized carbons (Fsp3) is 0.538. The van der Waals surface area contributed by atoms with Gasteiger partial charge >= 0.3 is 12.1 Å². The van der Waals surface area contributed by atoms with E-state index >= 15 is 0 Å². The highest BCUT2D eigenvalue weighted by Crippen LogP contribution is 2.23. The van der Waals surface area contributed by atoms with Crippen LogP contribution in [0.1, 0.15) is 18.5 Å². The van der Waals surface area contributed by atoms with Gasteiger partial charge in [0.05, 0.1) is 6.20 Å². The van der Waals surface area contributed by atoms with Crippen molar-refractivity contribution in [1.82, 2.24) is 9.88 Å². The zero-order chi connectivity index (χ0) is 14.8. The molecule has 0 spiro atoms. The van der Waals surface area contributed by atoms with E-state index in [0.717, 1.165) is 10.6 Å². The molecule has 0 aromatic carbocycles. The molecule has 1 amide bonds. The van der Waals surface area contributed by atoms with E-state index in [4.69, 9.17) is 4.74 Å². The first-order valence-corrected chi connectivity index (χ1v) is 6.31. The molecule has 0 N–H and O–H groups in total. The highest BCUT2D eigenvalue weighted by atomic mass is 19.4. The van der Waals surface area contributed by atoms with Crippen molar-refractivity contribution in [3.8, 4) is 5.75 Å². The van der Waals surface area contributed by atoms with Gasteiger partial charge in [0.2, 0.25) is 0 Å². The van der Waals surface area contributed by atoms with Crippen molar-refractivity contribution in [1.29, 1.82) is 0 Å². The van der Waals surface area contributed by atoms with Gasteiger partial charge in [-0.2, -0.15) is 13.2 Å². The van der Waals surface area contributed by atoms with Crippen molar-refractivity contribution in [2.75, 3.05) is 13.1 Å². The van der Waals surface area contributed by atoms with Gasteiger partial charge in [0.15, 0.2) is 0 Å². The van der Waals surface area contributed by atoms with Gasteiger partial charge in [-0.25, -0.2) is 0 Å². The quantitative estimate of drug-likeness (QED) is 0.838. The molecule has 0 atom stereocenters. The molecule has 0 saturated carbocycles. The van der Waals surface area contributed by atoms with E-state index < -0.39 is 12.1 Å². The van der Waals surface area contributed by atoms with Crippen LogP contribution in [0.2, 0.25) is 0 Å². The Kier molecular flexibility index (Phi) is 4.15. The average molecular weight is 288 g/mol. The van der Waals surface area contributed by atoms with E-state index in [2.05, 4.69) is 4.98 Å².